The van der Waals surface area contributed by atoms with E-state index in [9.17, 15) is 0 Å². The number of nitrogens with zero attached hydrogens (tertiary/aromatic N) is 2. The van der Waals surface area contributed by atoms with Gasteiger partial charge >= 0.3 is 0 Å². The summed E-state index contributed by atoms with van der Waals surface area (Å²) in [6.45, 7) is 18.2. The number of para-hydroxylation sites is 1. The van der Waals surface area contributed by atoms with Gasteiger partial charge in [-0.1, -0.05) is 217 Å². The van der Waals surface area contributed by atoms with Gasteiger partial charge in [0.25, 0.3) is 0 Å². The van der Waals surface area contributed by atoms with Gasteiger partial charge in [-0.2, -0.15) is 0 Å². The molecular formula is C81H66N2O. The van der Waals surface area contributed by atoms with Crippen molar-refractivity contribution in [2.75, 3.05) is 9.80 Å². The molecule has 1 spiro atoms. The van der Waals surface area contributed by atoms with Crippen molar-refractivity contribution in [1.29, 1.82) is 0 Å². The SMILES string of the molecule is Cc1cc(-c2ccccc2)cc(N(c2ccc(C(C)(C)C)cc2)c2cc3oc4ccccc4c3c3c2C2(c4ccccc4-c4ccccc42)c2cc4c(N(c5ccc(C(C)(C)C)cc5)c5ccc(C)c(-c6ccccc6)c5)cccc4cc2-3)c1. The number of anilines is 6. The minimum Gasteiger partial charge on any atom is -0.456 e. The van der Waals surface area contributed by atoms with Crippen LogP contribution >= 0.6 is 0 Å². The lowest BCUT2D eigenvalue weighted by molar-refractivity contribution is 0.590. The minimum absolute atomic E-state index is 0.00947. The number of furan rings is 1. The highest BCUT2D eigenvalue weighted by molar-refractivity contribution is 6.20. The monoisotopic (exact) mass is 1080 g/mol. The first-order valence-electron chi connectivity index (χ1n) is 29.6. The Labute approximate surface area is 493 Å². The standard InChI is InChI=1S/C81H66N2O/c1-51-44-56(53-22-11-9-12-23-53)46-62(45-51)83(60-42-37-58(38-43-60)80(6,7)8)73-50-75-76(65-29-17-20-33-74(65)84-75)77-68-47-55-26-21-32-72(67(55)49-71(68)81(78(73)77)69-30-18-15-27-63(69)64-28-16-19-31-70(64)81)82(59-40-35-57(36-41-59)79(3,4)5)61-39-34-52(2)66(48-61)54-24-13-10-14-25-54/h9-50H,1-8H3. The van der Waals surface area contributed by atoms with E-state index in [0.717, 1.165) is 61.4 Å². The van der Waals surface area contributed by atoms with Crippen LogP contribution in [0.5, 0.6) is 0 Å². The van der Waals surface area contributed by atoms with Crippen molar-refractivity contribution in [1.82, 2.24) is 0 Å². The molecule has 84 heavy (non-hydrogen) atoms. The maximum atomic E-state index is 7.21. The second-order valence-corrected chi connectivity index (χ2v) is 25.4. The fourth-order valence-electron chi connectivity index (χ4n) is 14.1. The molecule has 0 atom stereocenters. The van der Waals surface area contributed by atoms with Gasteiger partial charge in [-0.05, 0) is 181 Å². The molecule has 12 aromatic carbocycles. The Hall–Kier alpha value is -9.70. The summed E-state index contributed by atoms with van der Waals surface area (Å²) in [4.78, 5) is 5.04. The molecular weight excluding hydrogens is 1020 g/mol. The third-order valence-corrected chi connectivity index (χ3v) is 18.1. The number of hydrogen-bond acceptors (Lipinski definition) is 3. The largest absolute Gasteiger partial charge is 0.456 e. The predicted molar refractivity (Wildman–Crippen MR) is 355 cm³/mol. The van der Waals surface area contributed by atoms with Crippen LogP contribution in [0, 0.1) is 13.8 Å². The zero-order chi connectivity index (χ0) is 57.2. The maximum Gasteiger partial charge on any atom is 0.138 e. The molecule has 2 aliphatic carbocycles. The van der Waals surface area contributed by atoms with Crippen LogP contribution in [-0.2, 0) is 16.2 Å². The summed E-state index contributed by atoms with van der Waals surface area (Å²) in [6.07, 6.45) is 0. The van der Waals surface area contributed by atoms with Crippen LogP contribution in [0.25, 0.3) is 77.2 Å². The van der Waals surface area contributed by atoms with Crippen molar-refractivity contribution in [3.63, 3.8) is 0 Å². The lowest BCUT2D eigenvalue weighted by atomic mass is 9.69. The average molecular weight is 1080 g/mol. The Morgan fingerprint density at radius 1 is 0.357 bits per heavy atom. The van der Waals surface area contributed by atoms with E-state index in [-0.39, 0.29) is 10.8 Å². The van der Waals surface area contributed by atoms with Crippen LogP contribution < -0.4 is 9.80 Å². The van der Waals surface area contributed by atoms with Crippen molar-refractivity contribution >= 4 is 66.8 Å². The Balaban J connectivity index is 1.08. The summed E-state index contributed by atoms with van der Waals surface area (Å²) >= 11 is 0. The molecule has 3 heteroatoms. The molecule has 0 radical (unpaired) electrons. The van der Waals surface area contributed by atoms with Gasteiger partial charge in [0.2, 0.25) is 0 Å². The van der Waals surface area contributed by atoms with Crippen LogP contribution in [0.3, 0.4) is 0 Å². The number of hydrogen-bond donors (Lipinski definition) is 0. The van der Waals surface area contributed by atoms with Crippen LogP contribution in [-0.4, -0.2) is 0 Å². The van der Waals surface area contributed by atoms with Crippen molar-refractivity contribution in [3.05, 3.63) is 299 Å². The summed E-state index contributed by atoms with van der Waals surface area (Å²) in [5, 5.41) is 4.56. The molecule has 0 bridgehead atoms. The van der Waals surface area contributed by atoms with Crippen LogP contribution in [0.4, 0.5) is 34.1 Å². The first-order chi connectivity index (χ1) is 40.7. The van der Waals surface area contributed by atoms with Gasteiger partial charge in [0.15, 0.2) is 0 Å². The van der Waals surface area contributed by atoms with Crippen LogP contribution in [0.2, 0.25) is 0 Å². The normalized spacial score (nSPS) is 13.1. The molecule has 13 aromatic rings. The second kappa shape index (κ2) is 19.2. The summed E-state index contributed by atoms with van der Waals surface area (Å²) in [5.74, 6) is 0. The molecule has 0 unspecified atom stereocenters. The number of fused-ring (bicyclic) bond motifs is 15. The van der Waals surface area contributed by atoms with Gasteiger partial charge in [0.1, 0.15) is 11.2 Å². The average Bonchev–Trinajstić information content (AvgIpc) is 1.58. The summed E-state index contributed by atoms with van der Waals surface area (Å²) in [5.41, 5.74) is 27.1. The third kappa shape index (κ3) is 8.00. The molecule has 406 valence electrons. The molecule has 0 fully saturated rings. The Kier molecular flexibility index (Phi) is 11.7. The molecule has 0 aliphatic heterocycles. The molecule has 2 aliphatic rings. The highest BCUT2D eigenvalue weighted by Crippen LogP contribution is 2.68. The van der Waals surface area contributed by atoms with E-state index in [2.05, 4.69) is 320 Å². The molecule has 0 N–H and O–H groups in total. The zero-order valence-electron chi connectivity index (χ0n) is 49.1. The molecule has 0 amide bonds. The maximum absolute atomic E-state index is 7.21. The van der Waals surface area contributed by atoms with Gasteiger partial charge in [-0.15, -0.1) is 0 Å². The van der Waals surface area contributed by atoms with Gasteiger partial charge in [0.05, 0.1) is 16.8 Å². The number of benzene rings is 12. The van der Waals surface area contributed by atoms with Crippen molar-refractivity contribution < 1.29 is 4.42 Å². The highest BCUT2D eigenvalue weighted by atomic mass is 16.3. The van der Waals surface area contributed by atoms with Crippen molar-refractivity contribution in [3.8, 4) is 44.5 Å². The molecule has 0 saturated carbocycles. The quantitative estimate of drug-likeness (QED) is 0.151. The smallest absolute Gasteiger partial charge is 0.138 e. The number of rotatable bonds is 8. The van der Waals surface area contributed by atoms with E-state index >= 15 is 0 Å². The fraction of sp³-hybridized carbons (Fsp3) is 0.136. The van der Waals surface area contributed by atoms with Gasteiger partial charge in [0, 0.05) is 56.1 Å². The van der Waals surface area contributed by atoms with E-state index in [1.165, 1.54) is 94.4 Å². The van der Waals surface area contributed by atoms with Gasteiger partial charge in [-0.25, -0.2) is 0 Å². The molecule has 1 aromatic heterocycles. The predicted octanol–water partition coefficient (Wildman–Crippen LogP) is 22.6. The van der Waals surface area contributed by atoms with Crippen LogP contribution in [0.15, 0.2) is 259 Å². The Morgan fingerprint density at radius 3 is 1.57 bits per heavy atom. The van der Waals surface area contributed by atoms with Crippen LogP contribution in [0.1, 0.15) is 86.1 Å². The Bertz CT molecular complexity index is 4700. The summed E-state index contributed by atoms with van der Waals surface area (Å²) in [7, 11) is 0. The second-order valence-electron chi connectivity index (χ2n) is 25.4. The lowest BCUT2D eigenvalue weighted by Crippen LogP contribution is -2.28. The molecule has 0 saturated heterocycles. The van der Waals surface area contributed by atoms with Gasteiger partial charge in [-0.3, -0.25) is 0 Å². The summed E-state index contributed by atoms with van der Waals surface area (Å²) < 4.78 is 7.21. The van der Waals surface area contributed by atoms with Gasteiger partial charge < -0.3 is 14.2 Å². The van der Waals surface area contributed by atoms with E-state index < -0.39 is 5.41 Å². The van der Waals surface area contributed by atoms with E-state index in [1.54, 1.807) is 0 Å². The van der Waals surface area contributed by atoms with E-state index in [0.29, 0.717) is 0 Å². The first-order valence-corrected chi connectivity index (χ1v) is 29.6. The fourth-order valence-corrected chi connectivity index (χ4v) is 14.1. The summed E-state index contributed by atoms with van der Waals surface area (Å²) in [6, 6.07) is 95.8. The Morgan fingerprint density at radius 2 is 0.929 bits per heavy atom. The third-order valence-electron chi connectivity index (χ3n) is 18.1. The number of aryl methyl sites for hydroxylation is 2. The molecule has 3 nitrogen and oxygen atoms in total. The van der Waals surface area contributed by atoms with Crippen molar-refractivity contribution in [2.24, 2.45) is 0 Å². The minimum atomic E-state index is -0.791. The lowest BCUT2D eigenvalue weighted by Gasteiger charge is -2.36. The first kappa shape index (κ1) is 51.2. The van der Waals surface area contributed by atoms with E-state index in [4.69, 9.17) is 4.42 Å². The van der Waals surface area contributed by atoms with Crippen molar-refractivity contribution in [2.45, 2.75) is 71.6 Å². The molecule has 15 rings (SSSR count). The zero-order valence-corrected chi connectivity index (χ0v) is 49.1. The highest BCUT2D eigenvalue weighted by Gasteiger charge is 2.55. The van der Waals surface area contributed by atoms with E-state index in [1.807, 2.05) is 0 Å². The topological polar surface area (TPSA) is 19.6 Å². The molecule has 1 heterocycles.